The molecule has 0 atom stereocenters. The van der Waals surface area contributed by atoms with Crippen molar-refractivity contribution in [2.24, 2.45) is 5.73 Å². The summed E-state index contributed by atoms with van der Waals surface area (Å²) in [5.41, 5.74) is 7.30. The Morgan fingerprint density at radius 2 is 2.27 bits per heavy atom. The zero-order valence-electron chi connectivity index (χ0n) is 8.92. The maximum Gasteiger partial charge on any atom is 0.123 e. The van der Waals surface area contributed by atoms with Gasteiger partial charge in [-0.05, 0) is 36.7 Å². The van der Waals surface area contributed by atoms with E-state index in [-0.39, 0.29) is 5.82 Å². The molecular formula is C11H17FN2O. The minimum absolute atomic E-state index is 0.226. The molecule has 0 spiro atoms. The van der Waals surface area contributed by atoms with Crippen molar-refractivity contribution < 1.29 is 9.13 Å². The fourth-order valence-corrected chi connectivity index (χ4v) is 1.38. The number of methoxy groups -OCH3 is 1. The van der Waals surface area contributed by atoms with Gasteiger partial charge in [-0.15, -0.1) is 0 Å². The lowest BCUT2D eigenvalue weighted by Gasteiger charge is -2.11. The van der Waals surface area contributed by atoms with Gasteiger partial charge in [0.2, 0.25) is 0 Å². The second kappa shape index (κ2) is 6.37. The Morgan fingerprint density at radius 3 is 2.93 bits per heavy atom. The van der Waals surface area contributed by atoms with Gasteiger partial charge in [0.15, 0.2) is 0 Å². The van der Waals surface area contributed by atoms with Crippen molar-refractivity contribution in [1.82, 2.24) is 0 Å². The van der Waals surface area contributed by atoms with Crippen LogP contribution in [0.5, 0.6) is 0 Å². The first kappa shape index (κ1) is 11.9. The average Bonchev–Trinajstić information content (AvgIpc) is 2.22. The van der Waals surface area contributed by atoms with Crippen LogP contribution in [0.1, 0.15) is 5.56 Å². The first-order valence-corrected chi connectivity index (χ1v) is 4.99. The molecule has 1 aromatic carbocycles. The Bertz CT molecular complexity index is 305. The Labute approximate surface area is 89.4 Å². The van der Waals surface area contributed by atoms with E-state index in [0.29, 0.717) is 26.1 Å². The number of hydrogen-bond donors (Lipinski definition) is 2. The van der Waals surface area contributed by atoms with Gasteiger partial charge in [-0.25, -0.2) is 4.39 Å². The lowest BCUT2D eigenvalue weighted by molar-refractivity contribution is 0.211. The quantitative estimate of drug-likeness (QED) is 0.700. The molecule has 84 valence electrons. The lowest BCUT2D eigenvalue weighted by atomic mass is 10.1. The molecule has 1 aromatic rings. The molecule has 0 saturated carbocycles. The molecular weight excluding hydrogens is 195 g/mol. The van der Waals surface area contributed by atoms with Gasteiger partial charge in [0.1, 0.15) is 5.82 Å². The summed E-state index contributed by atoms with van der Waals surface area (Å²) >= 11 is 0. The van der Waals surface area contributed by atoms with Crippen LogP contribution in [0.15, 0.2) is 18.2 Å². The minimum atomic E-state index is -0.226. The average molecular weight is 212 g/mol. The summed E-state index contributed by atoms with van der Waals surface area (Å²) in [6.45, 7) is 1.85. The zero-order chi connectivity index (χ0) is 11.1. The Kier molecular flexibility index (Phi) is 5.07. The minimum Gasteiger partial charge on any atom is -0.383 e. The summed E-state index contributed by atoms with van der Waals surface area (Å²) in [6, 6.07) is 4.69. The van der Waals surface area contributed by atoms with Gasteiger partial charge in [0, 0.05) is 19.3 Å². The fourth-order valence-electron chi connectivity index (χ4n) is 1.38. The molecule has 15 heavy (non-hydrogen) atoms. The van der Waals surface area contributed by atoms with Crippen molar-refractivity contribution in [3.8, 4) is 0 Å². The van der Waals surface area contributed by atoms with Crippen molar-refractivity contribution in [2.45, 2.75) is 6.42 Å². The molecule has 0 amide bonds. The largest absolute Gasteiger partial charge is 0.383 e. The predicted octanol–water partition coefficient (Wildman–Crippen LogP) is 1.39. The highest BCUT2D eigenvalue weighted by Crippen LogP contribution is 2.17. The highest BCUT2D eigenvalue weighted by Gasteiger charge is 2.02. The van der Waals surface area contributed by atoms with Gasteiger partial charge in [-0.3, -0.25) is 0 Å². The maximum atomic E-state index is 13.0. The third kappa shape index (κ3) is 3.85. The van der Waals surface area contributed by atoms with E-state index < -0.39 is 0 Å². The summed E-state index contributed by atoms with van der Waals surface area (Å²) in [5, 5.41) is 3.18. The molecule has 0 aliphatic rings. The first-order chi connectivity index (χ1) is 7.27. The standard InChI is InChI=1S/C11H17FN2O/c1-15-7-6-14-11-3-2-10(12)8-9(11)4-5-13/h2-3,8,14H,4-7,13H2,1H3. The van der Waals surface area contributed by atoms with E-state index in [1.807, 2.05) is 0 Å². The SMILES string of the molecule is COCCNc1ccc(F)cc1CCN. The third-order valence-electron chi connectivity index (χ3n) is 2.10. The summed E-state index contributed by atoms with van der Waals surface area (Å²) in [7, 11) is 1.65. The van der Waals surface area contributed by atoms with Crippen molar-refractivity contribution in [3.05, 3.63) is 29.6 Å². The number of benzene rings is 1. The molecule has 0 aliphatic heterocycles. The number of anilines is 1. The highest BCUT2D eigenvalue weighted by atomic mass is 19.1. The molecule has 0 saturated heterocycles. The number of nitrogens with two attached hydrogens (primary N) is 1. The molecule has 4 heteroatoms. The summed E-state index contributed by atoms with van der Waals surface area (Å²) in [5.74, 6) is -0.226. The monoisotopic (exact) mass is 212 g/mol. The van der Waals surface area contributed by atoms with E-state index in [4.69, 9.17) is 10.5 Å². The van der Waals surface area contributed by atoms with Gasteiger partial charge in [-0.1, -0.05) is 0 Å². The zero-order valence-corrected chi connectivity index (χ0v) is 8.92. The van der Waals surface area contributed by atoms with Crippen molar-refractivity contribution >= 4 is 5.69 Å². The number of halogens is 1. The molecule has 1 rings (SSSR count). The van der Waals surface area contributed by atoms with Crippen LogP contribution in [0.4, 0.5) is 10.1 Å². The number of nitrogens with one attached hydrogen (secondary N) is 1. The Balaban J connectivity index is 2.67. The summed E-state index contributed by atoms with van der Waals surface area (Å²) < 4.78 is 17.9. The van der Waals surface area contributed by atoms with Crippen LogP contribution in [0.2, 0.25) is 0 Å². The first-order valence-electron chi connectivity index (χ1n) is 4.99. The molecule has 3 nitrogen and oxygen atoms in total. The third-order valence-corrected chi connectivity index (χ3v) is 2.10. The molecule has 0 bridgehead atoms. The predicted molar refractivity (Wildman–Crippen MR) is 59.5 cm³/mol. The molecule has 0 aromatic heterocycles. The lowest BCUT2D eigenvalue weighted by Crippen LogP contribution is -2.11. The van der Waals surface area contributed by atoms with Crippen LogP contribution in [-0.4, -0.2) is 26.8 Å². The summed E-state index contributed by atoms with van der Waals surface area (Å²) in [4.78, 5) is 0. The van der Waals surface area contributed by atoms with Gasteiger partial charge >= 0.3 is 0 Å². The normalized spacial score (nSPS) is 10.3. The van der Waals surface area contributed by atoms with E-state index in [1.54, 1.807) is 13.2 Å². The topological polar surface area (TPSA) is 47.3 Å². The molecule has 3 N–H and O–H groups in total. The van der Waals surface area contributed by atoms with Crippen molar-refractivity contribution in [2.75, 3.05) is 32.1 Å². The van der Waals surface area contributed by atoms with Crippen LogP contribution in [-0.2, 0) is 11.2 Å². The Hall–Kier alpha value is -1.13. The smallest absolute Gasteiger partial charge is 0.123 e. The van der Waals surface area contributed by atoms with E-state index in [0.717, 1.165) is 11.3 Å². The Morgan fingerprint density at radius 1 is 1.47 bits per heavy atom. The van der Waals surface area contributed by atoms with Crippen LogP contribution in [0.25, 0.3) is 0 Å². The van der Waals surface area contributed by atoms with Crippen LogP contribution in [0.3, 0.4) is 0 Å². The van der Waals surface area contributed by atoms with Crippen molar-refractivity contribution in [1.29, 1.82) is 0 Å². The number of hydrogen-bond acceptors (Lipinski definition) is 3. The second-order valence-electron chi connectivity index (χ2n) is 3.26. The van der Waals surface area contributed by atoms with Gasteiger partial charge in [0.05, 0.1) is 6.61 Å². The van der Waals surface area contributed by atoms with Crippen LogP contribution < -0.4 is 11.1 Å². The number of rotatable bonds is 6. The fraction of sp³-hybridized carbons (Fsp3) is 0.455. The molecule has 0 heterocycles. The molecule has 0 fully saturated rings. The van der Waals surface area contributed by atoms with Crippen LogP contribution >= 0.6 is 0 Å². The highest BCUT2D eigenvalue weighted by molar-refractivity contribution is 5.51. The summed E-state index contributed by atoms with van der Waals surface area (Å²) in [6.07, 6.45) is 0.674. The van der Waals surface area contributed by atoms with Gasteiger partial charge < -0.3 is 15.8 Å². The molecule has 0 radical (unpaired) electrons. The molecule has 0 aliphatic carbocycles. The van der Waals surface area contributed by atoms with E-state index >= 15 is 0 Å². The second-order valence-corrected chi connectivity index (χ2v) is 3.26. The van der Waals surface area contributed by atoms with E-state index in [9.17, 15) is 4.39 Å². The maximum absolute atomic E-state index is 13.0. The van der Waals surface area contributed by atoms with E-state index in [2.05, 4.69) is 5.32 Å². The molecule has 0 unspecified atom stereocenters. The van der Waals surface area contributed by atoms with Gasteiger partial charge in [0.25, 0.3) is 0 Å². The van der Waals surface area contributed by atoms with E-state index in [1.165, 1.54) is 12.1 Å². The van der Waals surface area contributed by atoms with Crippen molar-refractivity contribution in [3.63, 3.8) is 0 Å². The van der Waals surface area contributed by atoms with Crippen LogP contribution in [0, 0.1) is 5.82 Å². The van der Waals surface area contributed by atoms with Gasteiger partial charge in [-0.2, -0.15) is 0 Å². The number of ether oxygens (including phenoxy) is 1.